The Morgan fingerprint density at radius 3 is 3.11 bits per heavy atom. The molecule has 0 aliphatic rings. The van der Waals surface area contributed by atoms with E-state index < -0.39 is 0 Å². The molecule has 1 aromatic heterocycles. The summed E-state index contributed by atoms with van der Waals surface area (Å²) in [6.07, 6.45) is 2.94. The Morgan fingerprint density at radius 2 is 2.67 bits per heavy atom. The Kier molecular flexibility index (Phi) is 2.66. The minimum absolute atomic E-state index is 0.456. The topological polar surface area (TPSA) is 12.9 Å². The second kappa shape index (κ2) is 3.32. The normalized spacial score (nSPS) is 13.6. The predicted octanol–water partition coefficient (Wildman–Crippen LogP) is 2.99. The molecule has 0 aromatic carbocycles. The zero-order valence-corrected chi connectivity index (χ0v) is 7.58. The number of aromatic nitrogens is 1. The van der Waals surface area contributed by atoms with Gasteiger partial charge in [-0.15, -0.1) is 11.3 Å². The second-order valence-electron chi connectivity index (χ2n) is 1.75. The van der Waals surface area contributed by atoms with Crippen molar-refractivity contribution in [2.75, 3.05) is 0 Å². The number of hydrogen-bond acceptors (Lipinski definition) is 2. The van der Waals surface area contributed by atoms with Gasteiger partial charge in [-0.25, -0.2) is 4.98 Å². The van der Waals surface area contributed by atoms with Crippen molar-refractivity contribution in [2.24, 2.45) is 0 Å². The Balaban J connectivity index is 2.65. The summed E-state index contributed by atoms with van der Waals surface area (Å²) in [6, 6.07) is 0. The number of rotatable bonds is 2. The van der Waals surface area contributed by atoms with E-state index in [2.05, 4.69) is 27.8 Å². The van der Waals surface area contributed by atoms with E-state index >= 15 is 0 Å². The van der Waals surface area contributed by atoms with Crippen molar-refractivity contribution in [3.63, 3.8) is 0 Å². The smallest absolute Gasteiger partial charge is 0.106 e. The van der Waals surface area contributed by atoms with Crippen molar-refractivity contribution in [1.82, 2.24) is 4.98 Å². The van der Waals surface area contributed by atoms with Crippen molar-refractivity contribution in [3.8, 4) is 0 Å². The molecule has 0 bridgehead atoms. The lowest BCUT2D eigenvalue weighted by molar-refractivity contribution is 0.899. The molecule has 1 atom stereocenters. The molecular weight excluding hydrogens is 198 g/mol. The SMILES string of the molecule is CC[C@H](Br)c1nccs1. The molecule has 0 unspecified atom stereocenters. The maximum atomic E-state index is 4.16. The first-order valence-electron chi connectivity index (χ1n) is 2.88. The molecule has 0 radical (unpaired) electrons. The van der Waals surface area contributed by atoms with Crippen LogP contribution in [0.1, 0.15) is 23.2 Å². The van der Waals surface area contributed by atoms with Crippen LogP contribution in [-0.2, 0) is 0 Å². The highest BCUT2D eigenvalue weighted by Gasteiger charge is 2.05. The highest BCUT2D eigenvalue weighted by Crippen LogP contribution is 2.26. The Labute approximate surface area is 67.3 Å². The minimum atomic E-state index is 0.456. The third-order valence-corrected chi connectivity index (χ3v) is 3.35. The van der Waals surface area contributed by atoms with Crippen LogP contribution in [0, 0.1) is 0 Å². The van der Waals surface area contributed by atoms with Crippen LogP contribution in [0.2, 0.25) is 0 Å². The quantitative estimate of drug-likeness (QED) is 0.678. The summed E-state index contributed by atoms with van der Waals surface area (Å²) in [6.45, 7) is 2.14. The van der Waals surface area contributed by atoms with E-state index in [0.29, 0.717) is 4.83 Å². The van der Waals surface area contributed by atoms with Gasteiger partial charge in [0.2, 0.25) is 0 Å². The maximum absolute atomic E-state index is 4.16. The maximum Gasteiger partial charge on any atom is 0.106 e. The van der Waals surface area contributed by atoms with Gasteiger partial charge in [0.15, 0.2) is 0 Å². The highest BCUT2D eigenvalue weighted by molar-refractivity contribution is 9.09. The van der Waals surface area contributed by atoms with Gasteiger partial charge < -0.3 is 0 Å². The first-order valence-corrected chi connectivity index (χ1v) is 4.67. The molecule has 1 rings (SSSR count). The minimum Gasteiger partial charge on any atom is -0.249 e. The number of nitrogens with zero attached hydrogens (tertiary/aromatic N) is 1. The van der Waals surface area contributed by atoms with E-state index in [1.807, 2.05) is 11.6 Å². The zero-order valence-electron chi connectivity index (χ0n) is 5.17. The lowest BCUT2D eigenvalue weighted by Gasteiger charge is -1.98. The third-order valence-electron chi connectivity index (χ3n) is 1.08. The summed E-state index contributed by atoms with van der Waals surface area (Å²) in [5, 5.41) is 3.18. The molecule has 9 heavy (non-hydrogen) atoms. The van der Waals surface area contributed by atoms with Crippen LogP contribution in [0.15, 0.2) is 11.6 Å². The van der Waals surface area contributed by atoms with E-state index in [1.165, 1.54) is 5.01 Å². The monoisotopic (exact) mass is 205 g/mol. The molecule has 1 heterocycles. The van der Waals surface area contributed by atoms with Gasteiger partial charge in [0.1, 0.15) is 5.01 Å². The molecule has 0 saturated carbocycles. The molecule has 3 heteroatoms. The van der Waals surface area contributed by atoms with Gasteiger partial charge in [0.05, 0.1) is 4.83 Å². The molecule has 0 fully saturated rings. The summed E-state index contributed by atoms with van der Waals surface area (Å²) >= 11 is 5.21. The fraction of sp³-hybridized carbons (Fsp3) is 0.500. The van der Waals surface area contributed by atoms with E-state index in [1.54, 1.807) is 11.3 Å². The van der Waals surface area contributed by atoms with E-state index in [9.17, 15) is 0 Å². The highest BCUT2D eigenvalue weighted by atomic mass is 79.9. The van der Waals surface area contributed by atoms with Crippen LogP contribution >= 0.6 is 27.3 Å². The molecule has 0 aliphatic heterocycles. The predicted molar refractivity (Wildman–Crippen MR) is 44.1 cm³/mol. The van der Waals surface area contributed by atoms with Gasteiger partial charge in [0.25, 0.3) is 0 Å². The summed E-state index contributed by atoms with van der Waals surface area (Å²) in [7, 11) is 0. The second-order valence-corrected chi connectivity index (χ2v) is 3.78. The largest absolute Gasteiger partial charge is 0.249 e. The molecule has 0 N–H and O–H groups in total. The molecule has 0 aliphatic carbocycles. The van der Waals surface area contributed by atoms with Crippen LogP contribution in [-0.4, -0.2) is 4.98 Å². The van der Waals surface area contributed by atoms with Gasteiger partial charge in [-0.1, -0.05) is 22.9 Å². The number of hydrogen-bond donors (Lipinski definition) is 0. The Hall–Kier alpha value is 0.110. The number of alkyl halides is 1. The lowest BCUT2D eigenvalue weighted by Crippen LogP contribution is -1.83. The van der Waals surface area contributed by atoms with E-state index in [4.69, 9.17) is 0 Å². The Bertz CT molecular complexity index is 162. The summed E-state index contributed by atoms with van der Waals surface area (Å²) in [4.78, 5) is 4.61. The van der Waals surface area contributed by atoms with Gasteiger partial charge in [0, 0.05) is 11.6 Å². The Morgan fingerprint density at radius 1 is 1.89 bits per heavy atom. The number of halogens is 1. The van der Waals surface area contributed by atoms with Gasteiger partial charge in [-0.05, 0) is 6.42 Å². The molecular formula is C6H8BrNS. The molecule has 0 spiro atoms. The van der Waals surface area contributed by atoms with Crippen molar-refractivity contribution >= 4 is 27.3 Å². The average Bonchev–Trinajstić information content (AvgIpc) is 2.37. The molecule has 0 amide bonds. The lowest BCUT2D eigenvalue weighted by atomic mass is 10.4. The fourth-order valence-corrected chi connectivity index (χ4v) is 1.70. The first kappa shape index (κ1) is 7.22. The van der Waals surface area contributed by atoms with Gasteiger partial charge in [-0.2, -0.15) is 0 Å². The van der Waals surface area contributed by atoms with Crippen molar-refractivity contribution < 1.29 is 0 Å². The van der Waals surface area contributed by atoms with Crippen LogP contribution in [0.4, 0.5) is 0 Å². The van der Waals surface area contributed by atoms with Gasteiger partial charge in [-0.3, -0.25) is 0 Å². The van der Waals surface area contributed by atoms with Gasteiger partial charge >= 0.3 is 0 Å². The first-order chi connectivity index (χ1) is 4.34. The molecule has 50 valence electrons. The zero-order chi connectivity index (χ0) is 6.69. The fourth-order valence-electron chi connectivity index (χ4n) is 0.564. The summed E-state index contributed by atoms with van der Waals surface area (Å²) < 4.78 is 0. The van der Waals surface area contributed by atoms with Crippen molar-refractivity contribution in [3.05, 3.63) is 16.6 Å². The standard InChI is InChI=1S/C6H8BrNS/c1-2-5(7)6-8-3-4-9-6/h3-5H,2H2,1H3/t5-/m0/s1. The van der Waals surface area contributed by atoms with Crippen molar-refractivity contribution in [2.45, 2.75) is 18.2 Å². The van der Waals surface area contributed by atoms with E-state index in [-0.39, 0.29) is 0 Å². The third kappa shape index (κ3) is 1.76. The summed E-state index contributed by atoms with van der Waals surface area (Å²) in [5.41, 5.74) is 0. The van der Waals surface area contributed by atoms with Crippen LogP contribution < -0.4 is 0 Å². The number of thiazole rings is 1. The molecule has 0 saturated heterocycles. The average molecular weight is 206 g/mol. The molecule has 1 aromatic rings. The summed E-state index contributed by atoms with van der Waals surface area (Å²) in [5.74, 6) is 0. The van der Waals surface area contributed by atoms with Crippen LogP contribution in [0.3, 0.4) is 0 Å². The van der Waals surface area contributed by atoms with Crippen LogP contribution in [0.5, 0.6) is 0 Å². The van der Waals surface area contributed by atoms with Crippen molar-refractivity contribution in [1.29, 1.82) is 0 Å². The molecule has 1 nitrogen and oxygen atoms in total. The van der Waals surface area contributed by atoms with Crippen LogP contribution in [0.25, 0.3) is 0 Å². The van der Waals surface area contributed by atoms with E-state index in [0.717, 1.165) is 6.42 Å².